The normalized spacial score (nSPS) is 51.7. The summed E-state index contributed by atoms with van der Waals surface area (Å²) in [6.07, 6.45) is 10.2. The van der Waals surface area contributed by atoms with Crippen LogP contribution in [0, 0.1) is 29.1 Å². The van der Waals surface area contributed by atoms with Crippen LogP contribution in [0.25, 0.3) is 0 Å². The Bertz CT molecular complexity index is 516. The van der Waals surface area contributed by atoms with Crippen molar-refractivity contribution in [1.29, 1.82) is 0 Å². The van der Waals surface area contributed by atoms with Gasteiger partial charge in [0.2, 0.25) is 0 Å². The summed E-state index contributed by atoms with van der Waals surface area (Å²) in [6.45, 7) is 8.37. The number of carbonyl (C=O) groups is 1. The van der Waals surface area contributed by atoms with Gasteiger partial charge in [0, 0.05) is 23.8 Å². The van der Waals surface area contributed by atoms with Gasteiger partial charge in [0.15, 0.2) is 0 Å². The molecular formula is C22H39NO2. The monoisotopic (exact) mass is 349 g/mol. The Morgan fingerprint density at radius 3 is 2.36 bits per heavy atom. The summed E-state index contributed by atoms with van der Waals surface area (Å²) >= 11 is 0. The number of fused-ring (bicyclic) bond motifs is 5. The fourth-order valence-corrected chi connectivity index (χ4v) is 7.65. The molecule has 4 aliphatic rings. The third-order valence-electron chi connectivity index (χ3n) is 8.80. The van der Waals surface area contributed by atoms with Gasteiger partial charge in [-0.15, -0.1) is 0 Å². The Hall–Kier alpha value is -0.410. The van der Waals surface area contributed by atoms with E-state index in [-0.39, 0.29) is 11.0 Å². The summed E-state index contributed by atoms with van der Waals surface area (Å²) in [4.78, 5) is 11.9. The smallest absolute Gasteiger partial charge is 0.134 e. The fraction of sp³-hybridized carbons (Fsp3) is 0.955. The lowest BCUT2D eigenvalue weighted by Crippen LogP contribution is -2.61. The number of nitrogens with two attached hydrogens (primary N) is 1. The molecule has 4 fully saturated rings. The second-order valence-electron chi connectivity index (χ2n) is 9.43. The van der Waals surface area contributed by atoms with Crippen LogP contribution in [0.5, 0.6) is 0 Å². The fourth-order valence-electron chi connectivity index (χ4n) is 7.65. The number of Topliss-reactive ketones (excluding diaryl/α,β-unsaturated/α-hetero) is 1. The van der Waals surface area contributed by atoms with Crippen molar-refractivity contribution in [3.05, 3.63) is 0 Å². The third-order valence-corrected chi connectivity index (χ3v) is 8.80. The highest BCUT2D eigenvalue weighted by Gasteiger charge is 2.63. The number of rotatable bonds is 1. The SMILES string of the molecule is CC.CCC12CCC3C(CC[C@@]4(N)CC(=O)CCC34)C1CC[C@]2(C)O. The van der Waals surface area contributed by atoms with E-state index in [0.717, 1.165) is 44.4 Å². The lowest BCUT2D eigenvalue weighted by Gasteiger charge is -2.60. The van der Waals surface area contributed by atoms with Crippen LogP contribution in [0.2, 0.25) is 0 Å². The van der Waals surface area contributed by atoms with Gasteiger partial charge in [-0.05, 0) is 82.0 Å². The number of carbonyl (C=O) groups excluding carboxylic acids is 1. The maximum atomic E-state index is 11.9. The maximum absolute atomic E-state index is 11.9. The van der Waals surface area contributed by atoms with Crippen molar-refractivity contribution in [2.24, 2.45) is 34.8 Å². The topological polar surface area (TPSA) is 63.3 Å². The minimum atomic E-state index is -0.489. The molecule has 4 aliphatic carbocycles. The van der Waals surface area contributed by atoms with Gasteiger partial charge in [-0.2, -0.15) is 0 Å². The minimum Gasteiger partial charge on any atom is -0.390 e. The molecule has 0 radical (unpaired) electrons. The van der Waals surface area contributed by atoms with Crippen LogP contribution in [0.4, 0.5) is 0 Å². The molecule has 144 valence electrons. The lowest BCUT2D eigenvalue weighted by atomic mass is 9.47. The molecule has 5 unspecified atom stereocenters. The summed E-state index contributed by atoms with van der Waals surface area (Å²) in [5.74, 6) is 3.01. The standard InChI is InChI=1S/C20H33NO2.C2H6/c1-3-19-10-6-15-14(16(19)8-9-18(19,2)23)7-11-20(21)12-13(22)4-5-17(15)20;1-2/h14-17,23H,3-12,21H2,1-2H3;1-2H3/t14?,15?,16?,17?,18-,19?,20+;/m0./s1. The summed E-state index contributed by atoms with van der Waals surface area (Å²) in [5, 5.41) is 11.1. The molecule has 0 amide bonds. The number of aliphatic hydroxyl groups is 1. The molecule has 3 nitrogen and oxygen atoms in total. The van der Waals surface area contributed by atoms with Gasteiger partial charge in [0.05, 0.1) is 5.60 Å². The Balaban J connectivity index is 0.000000880. The average molecular weight is 350 g/mol. The van der Waals surface area contributed by atoms with Crippen molar-refractivity contribution in [2.45, 2.75) is 103 Å². The van der Waals surface area contributed by atoms with E-state index in [1.807, 2.05) is 13.8 Å². The van der Waals surface area contributed by atoms with Crippen LogP contribution in [-0.4, -0.2) is 22.0 Å². The molecule has 0 aliphatic heterocycles. The summed E-state index contributed by atoms with van der Waals surface area (Å²) < 4.78 is 0. The Morgan fingerprint density at radius 1 is 1.04 bits per heavy atom. The van der Waals surface area contributed by atoms with E-state index in [4.69, 9.17) is 5.73 Å². The zero-order chi connectivity index (χ0) is 18.5. The predicted octanol–water partition coefficient (Wildman–Crippen LogP) is 4.46. The number of ketones is 1. The van der Waals surface area contributed by atoms with Crippen LogP contribution in [0.3, 0.4) is 0 Å². The van der Waals surface area contributed by atoms with Gasteiger partial charge >= 0.3 is 0 Å². The molecule has 0 aromatic heterocycles. The second-order valence-corrected chi connectivity index (χ2v) is 9.43. The molecule has 7 atom stereocenters. The molecular weight excluding hydrogens is 310 g/mol. The van der Waals surface area contributed by atoms with E-state index >= 15 is 0 Å². The Kier molecular flexibility index (Phi) is 5.14. The lowest BCUT2D eigenvalue weighted by molar-refractivity contribution is -0.142. The first-order valence-electron chi connectivity index (χ1n) is 10.9. The summed E-state index contributed by atoms with van der Waals surface area (Å²) in [5.41, 5.74) is 6.17. The maximum Gasteiger partial charge on any atom is 0.134 e. The molecule has 0 aromatic rings. The van der Waals surface area contributed by atoms with Crippen molar-refractivity contribution >= 4 is 5.78 Å². The first-order valence-corrected chi connectivity index (χ1v) is 10.9. The average Bonchev–Trinajstić information content (AvgIpc) is 2.87. The van der Waals surface area contributed by atoms with E-state index in [1.165, 1.54) is 19.3 Å². The highest BCUT2D eigenvalue weighted by molar-refractivity contribution is 5.80. The van der Waals surface area contributed by atoms with E-state index in [9.17, 15) is 9.90 Å². The molecule has 0 heterocycles. The van der Waals surface area contributed by atoms with Crippen molar-refractivity contribution in [3.63, 3.8) is 0 Å². The first kappa shape index (κ1) is 19.4. The van der Waals surface area contributed by atoms with Crippen molar-refractivity contribution < 1.29 is 9.90 Å². The molecule has 4 saturated carbocycles. The quantitative estimate of drug-likeness (QED) is 0.735. The zero-order valence-corrected chi connectivity index (χ0v) is 16.8. The van der Waals surface area contributed by atoms with Crippen molar-refractivity contribution in [3.8, 4) is 0 Å². The molecule has 0 aromatic carbocycles. The van der Waals surface area contributed by atoms with Gasteiger partial charge in [0.1, 0.15) is 5.78 Å². The molecule has 25 heavy (non-hydrogen) atoms. The molecule has 3 heteroatoms. The highest BCUT2D eigenvalue weighted by atomic mass is 16.3. The number of hydrogen-bond donors (Lipinski definition) is 2. The van der Waals surface area contributed by atoms with Gasteiger partial charge in [-0.1, -0.05) is 20.8 Å². The minimum absolute atomic E-state index is 0.132. The van der Waals surface area contributed by atoms with Crippen molar-refractivity contribution in [1.82, 2.24) is 0 Å². The summed E-state index contributed by atoms with van der Waals surface area (Å²) in [6, 6.07) is 0. The Labute approximate surface area is 154 Å². The van der Waals surface area contributed by atoms with Crippen LogP contribution >= 0.6 is 0 Å². The van der Waals surface area contributed by atoms with Crippen LogP contribution in [-0.2, 0) is 4.79 Å². The van der Waals surface area contributed by atoms with Crippen LogP contribution < -0.4 is 5.73 Å². The van der Waals surface area contributed by atoms with Crippen molar-refractivity contribution in [2.75, 3.05) is 0 Å². The largest absolute Gasteiger partial charge is 0.390 e. The Morgan fingerprint density at radius 2 is 1.68 bits per heavy atom. The van der Waals surface area contributed by atoms with E-state index in [0.29, 0.717) is 30.0 Å². The van der Waals surface area contributed by atoms with Gasteiger partial charge in [0.25, 0.3) is 0 Å². The second kappa shape index (κ2) is 6.64. The van der Waals surface area contributed by atoms with E-state index in [1.54, 1.807) is 0 Å². The molecule has 3 N–H and O–H groups in total. The van der Waals surface area contributed by atoms with Crippen LogP contribution in [0.15, 0.2) is 0 Å². The summed E-state index contributed by atoms with van der Waals surface area (Å²) in [7, 11) is 0. The van der Waals surface area contributed by atoms with Gasteiger partial charge in [-0.25, -0.2) is 0 Å². The first-order chi connectivity index (χ1) is 11.8. The molecule has 0 spiro atoms. The van der Waals surface area contributed by atoms with E-state index < -0.39 is 5.60 Å². The molecule has 0 bridgehead atoms. The zero-order valence-electron chi connectivity index (χ0n) is 16.8. The predicted molar refractivity (Wildman–Crippen MR) is 102 cm³/mol. The highest BCUT2D eigenvalue weighted by Crippen LogP contribution is 2.66. The molecule has 4 rings (SSSR count). The van der Waals surface area contributed by atoms with Gasteiger partial charge in [-0.3, -0.25) is 4.79 Å². The van der Waals surface area contributed by atoms with Crippen LogP contribution in [0.1, 0.15) is 91.9 Å². The molecule has 0 saturated heterocycles. The van der Waals surface area contributed by atoms with Gasteiger partial charge < -0.3 is 10.8 Å². The number of hydrogen-bond acceptors (Lipinski definition) is 3. The van der Waals surface area contributed by atoms with E-state index in [2.05, 4.69) is 13.8 Å². The third kappa shape index (κ3) is 2.72.